The fourth-order valence-corrected chi connectivity index (χ4v) is 0.985. The molecular formula is C5H8Br2O4. The molecule has 0 amide bonds. The van der Waals surface area contributed by atoms with Crippen LogP contribution in [0.1, 0.15) is 6.42 Å². The predicted molar refractivity (Wildman–Crippen MR) is 45.4 cm³/mol. The Morgan fingerprint density at radius 3 is 2.73 bits per heavy atom. The third-order valence-corrected chi connectivity index (χ3v) is 1.75. The molecule has 0 fully saturated rings. The number of alkyl halides is 1. The lowest BCUT2D eigenvalue weighted by Gasteiger charge is -2.07. The maximum Gasteiger partial charge on any atom is 0.320 e. The van der Waals surface area contributed by atoms with Crippen LogP contribution >= 0.6 is 32.2 Å². The van der Waals surface area contributed by atoms with Gasteiger partial charge in [-0.15, -0.1) is 0 Å². The van der Waals surface area contributed by atoms with Gasteiger partial charge in [-0.25, -0.2) is 0 Å². The molecule has 0 rings (SSSR count). The molecule has 0 heterocycles. The van der Waals surface area contributed by atoms with E-state index in [1.165, 1.54) is 0 Å². The van der Waals surface area contributed by atoms with Crippen molar-refractivity contribution in [2.75, 3.05) is 13.2 Å². The zero-order valence-electron chi connectivity index (χ0n) is 5.63. The first-order valence-electron chi connectivity index (χ1n) is 2.88. The summed E-state index contributed by atoms with van der Waals surface area (Å²) < 4.78 is 9.11. The Hall–Kier alpha value is 0.350. The largest absolute Gasteiger partial charge is 0.394 e. The minimum atomic E-state index is -0.426. The quantitative estimate of drug-likeness (QED) is 0.767. The maximum atomic E-state index is 10.5. The lowest BCUT2D eigenvalue weighted by atomic mass is 10.5. The van der Waals surface area contributed by atoms with Crippen molar-refractivity contribution >= 4 is 38.2 Å². The fourth-order valence-electron chi connectivity index (χ4n) is 0.402. The molecule has 0 aliphatic carbocycles. The van der Waals surface area contributed by atoms with E-state index in [2.05, 4.69) is 36.0 Å². The lowest BCUT2D eigenvalue weighted by Crippen LogP contribution is -2.13. The number of carbonyl (C=O) groups is 1. The highest BCUT2D eigenvalue weighted by Gasteiger charge is 2.10. The molecule has 0 saturated carbocycles. The summed E-state index contributed by atoms with van der Waals surface area (Å²) in [7, 11) is 0. The minimum absolute atomic E-state index is 0.0640. The Morgan fingerprint density at radius 1 is 1.64 bits per heavy atom. The second kappa shape index (κ2) is 7.02. The van der Waals surface area contributed by atoms with Gasteiger partial charge in [0, 0.05) is 0 Å². The molecule has 0 aromatic carbocycles. The van der Waals surface area contributed by atoms with E-state index in [4.69, 9.17) is 9.84 Å². The number of aliphatic hydroxyl groups excluding tert-OH is 1. The zero-order valence-corrected chi connectivity index (χ0v) is 8.80. The smallest absolute Gasteiger partial charge is 0.320 e. The van der Waals surface area contributed by atoms with Crippen LogP contribution in [0.2, 0.25) is 0 Å². The number of aliphatic hydroxyl groups is 1. The number of hydrogen-bond donors (Lipinski definition) is 1. The average Bonchev–Trinajstić information content (AvgIpc) is 2.00. The molecule has 0 aliphatic rings. The SMILES string of the molecule is O=C(CC(Br)OCCO)OBr. The second-order valence-corrected chi connectivity index (χ2v) is 3.00. The molecule has 0 aromatic rings. The summed E-state index contributed by atoms with van der Waals surface area (Å²) in [6.45, 7) is 0.136. The Kier molecular flexibility index (Phi) is 7.25. The first-order chi connectivity index (χ1) is 5.20. The summed E-state index contributed by atoms with van der Waals surface area (Å²) in [6.07, 6.45) is 0.102. The van der Waals surface area contributed by atoms with Crippen LogP contribution in [0, 0.1) is 0 Å². The van der Waals surface area contributed by atoms with E-state index in [1.807, 2.05) is 0 Å². The Labute approximate surface area is 81.4 Å². The van der Waals surface area contributed by atoms with Crippen LogP contribution in [0.15, 0.2) is 0 Å². The molecule has 0 spiro atoms. The van der Waals surface area contributed by atoms with E-state index in [1.54, 1.807) is 0 Å². The molecular weight excluding hydrogens is 284 g/mol. The molecule has 66 valence electrons. The highest BCUT2D eigenvalue weighted by Crippen LogP contribution is 2.08. The van der Waals surface area contributed by atoms with Crippen molar-refractivity contribution in [3.05, 3.63) is 0 Å². The molecule has 0 aromatic heterocycles. The van der Waals surface area contributed by atoms with Gasteiger partial charge in [-0.05, 0) is 0 Å². The highest BCUT2D eigenvalue weighted by atomic mass is 79.9. The Balaban J connectivity index is 3.35. The van der Waals surface area contributed by atoms with Crippen molar-refractivity contribution in [3.63, 3.8) is 0 Å². The van der Waals surface area contributed by atoms with Gasteiger partial charge in [0.05, 0.1) is 19.6 Å². The van der Waals surface area contributed by atoms with Crippen molar-refractivity contribution in [1.29, 1.82) is 0 Å². The molecule has 0 saturated heterocycles. The van der Waals surface area contributed by atoms with Crippen LogP contribution < -0.4 is 0 Å². The highest BCUT2D eigenvalue weighted by molar-refractivity contribution is 9.09. The standard InChI is InChI=1S/C5H8Br2O4/c6-4(10-2-1-8)3-5(9)11-7/h4,8H,1-3H2. The van der Waals surface area contributed by atoms with Crippen molar-refractivity contribution < 1.29 is 18.5 Å². The third kappa shape index (κ3) is 6.74. The van der Waals surface area contributed by atoms with Gasteiger partial charge in [0.1, 0.15) is 5.01 Å². The van der Waals surface area contributed by atoms with Crippen LogP contribution in [0.3, 0.4) is 0 Å². The molecule has 1 N–H and O–H groups in total. The summed E-state index contributed by atoms with van der Waals surface area (Å²) in [4.78, 5) is 10.5. The fraction of sp³-hybridized carbons (Fsp3) is 0.800. The average molecular weight is 292 g/mol. The van der Waals surface area contributed by atoms with Crippen LogP contribution in [-0.4, -0.2) is 29.3 Å². The van der Waals surface area contributed by atoms with Gasteiger partial charge in [0.15, 0.2) is 16.3 Å². The molecule has 4 nitrogen and oxygen atoms in total. The number of rotatable bonds is 5. The first-order valence-corrected chi connectivity index (χ1v) is 4.45. The molecule has 11 heavy (non-hydrogen) atoms. The summed E-state index contributed by atoms with van der Waals surface area (Å²) in [5, 5.41) is 7.93. The van der Waals surface area contributed by atoms with E-state index >= 15 is 0 Å². The molecule has 1 unspecified atom stereocenters. The molecule has 0 aliphatic heterocycles. The van der Waals surface area contributed by atoms with Crippen molar-refractivity contribution in [2.45, 2.75) is 11.4 Å². The van der Waals surface area contributed by atoms with Crippen LogP contribution in [-0.2, 0) is 13.4 Å². The predicted octanol–water partition coefficient (Wildman–Crippen LogP) is 0.960. The summed E-state index contributed by atoms with van der Waals surface area (Å²) >= 11 is 5.60. The van der Waals surface area contributed by atoms with Gasteiger partial charge in [-0.1, -0.05) is 15.9 Å². The number of ether oxygens (including phenoxy) is 1. The van der Waals surface area contributed by atoms with Gasteiger partial charge in [0.25, 0.3) is 0 Å². The van der Waals surface area contributed by atoms with E-state index < -0.39 is 11.0 Å². The maximum absolute atomic E-state index is 10.5. The monoisotopic (exact) mass is 290 g/mol. The van der Waals surface area contributed by atoms with E-state index in [0.717, 1.165) is 0 Å². The summed E-state index contributed by atoms with van der Waals surface area (Å²) in [6, 6.07) is 0. The molecule has 1 atom stereocenters. The Bertz CT molecular complexity index is 119. The molecule has 6 heteroatoms. The third-order valence-electron chi connectivity index (χ3n) is 0.803. The number of halogens is 2. The Morgan fingerprint density at radius 2 is 2.27 bits per heavy atom. The molecule has 0 radical (unpaired) electrons. The van der Waals surface area contributed by atoms with Crippen molar-refractivity contribution in [2.24, 2.45) is 0 Å². The van der Waals surface area contributed by atoms with Gasteiger partial charge >= 0.3 is 5.97 Å². The van der Waals surface area contributed by atoms with Gasteiger partial charge in [-0.3, -0.25) is 4.79 Å². The lowest BCUT2D eigenvalue weighted by molar-refractivity contribution is -0.134. The number of hydrogen-bond acceptors (Lipinski definition) is 4. The van der Waals surface area contributed by atoms with Crippen molar-refractivity contribution in [1.82, 2.24) is 0 Å². The van der Waals surface area contributed by atoms with Crippen LogP contribution in [0.25, 0.3) is 0 Å². The normalized spacial score (nSPS) is 12.6. The summed E-state index contributed by atoms with van der Waals surface area (Å²) in [5.41, 5.74) is 0. The van der Waals surface area contributed by atoms with E-state index in [-0.39, 0.29) is 19.6 Å². The zero-order chi connectivity index (χ0) is 8.69. The topological polar surface area (TPSA) is 55.8 Å². The first kappa shape index (κ1) is 11.4. The molecule has 0 bridgehead atoms. The minimum Gasteiger partial charge on any atom is -0.394 e. The van der Waals surface area contributed by atoms with Gasteiger partial charge in [-0.2, -0.15) is 0 Å². The van der Waals surface area contributed by atoms with E-state index in [9.17, 15) is 4.79 Å². The van der Waals surface area contributed by atoms with Gasteiger partial charge in [0.2, 0.25) is 0 Å². The van der Waals surface area contributed by atoms with Crippen LogP contribution in [0.5, 0.6) is 0 Å². The summed E-state index contributed by atoms with van der Waals surface area (Å²) in [5.74, 6) is -0.426. The number of carbonyl (C=O) groups excluding carboxylic acids is 1. The second-order valence-electron chi connectivity index (χ2n) is 1.66. The van der Waals surface area contributed by atoms with Gasteiger partial charge < -0.3 is 13.7 Å². The van der Waals surface area contributed by atoms with Crippen LogP contribution in [0.4, 0.5) is 0 Å². The van der Waals surface area contributed by atoms with Crippen molar-refractivity contribution in [3.8, 4) is 0 Å². The van der Waals surface area contributed by atoms with E-state index in [0.29, 0.717) is 0 Å².